The average Bonchev–Trinajstić information content (AvgIpc) is 2.48. The van der Waals surface area contributed by atoms with Gasteiger partial charge in [-0.05, 0) is 38.8 Å². The highest BCUT2D eigenvalue weighted by Gasteiger charge is 2.38. The normalized spacial score (nSPS) is 22.5. The molecule has 0 aromatic heterocycles. The van der Waals surface area contributed by atoms with Gasteiger partial charge in [0.2, 0.25) is 0 Å². The first-order chi connectivity index (χ1) is 10.6. The van der Waals surface area contributed by atoms with Gasteiger partial charge in [-0.1, -0.05) is 13.3 Å². The molecule has 5 nitrogen and oxygen atoms in total. The van der Waals surface area contributed by atoms with Crippen LogP contribution in [-0.2, 0) is 14.3 Å². The van der Waals surface area contributed by atoms with Gasteiger partial charge in [-0.25, -0.2) is 0 Å². The Morgan fingerprint density at radius 1 is 1.23 bits per heavy atom. The number of Topliss-reactive ketones (excluding diaryl/α,β-unsaturated/α-hetero) is 1. The number of carbonyl (C=O) groups is 1. The third kappa shape index (κ3) is 5.61. The van der Waals surface area contributed by atoms with E-state index >= 15 is 0 Å². The molecule has 0 amide bonds. The van der Waals surface area contributed by atoms with E-state index in [0.717, 1.165) is 32.2 Å². The molecule has 2 aliphatic heterocycles. The lowest BCUT2D eigenvalue weighted by Gasteiger charge is -2.41. The number of hydrogen-bond acceptors (Lipinski definition) is 5. The Kier molecular flexibility index (Phi) is 7.28. The molecule has 0 aromatic rings. The molecule has 2 rings (SSSR count). The SMILES string of the molecule is CCC1CCN(CCOCCOC2(CC(C)=O)CNC2)CC1. The number of nitrogens with one attached hydrogen (secondary N) is 1. The summed E-state index contributed by atoms with van der Waals surface area (Å²) >= 11 is 0. The van der Waals surface area contributed by atoms with Gasteiger partial charge < -0.3 is 19.7 Å². The van der Waals surface area contributed by atoms with Crippen molar-refractivity contribution in [2.24, 2.45) is 5.92 Å². The van der Waals surface area contributed by atoms with E-state index < -0.39 is 0 Å². The smallest absolute Gasteiger partial charge is 0.132 e. The number of nitrogens with zero attached hydrogens (tertiary/aromatic N) is 1. The third-order valence-electron chi connectivity index (χ3n) is 4.94. The summed E-state index contributed by atoms with van der Waals surface area (Å²) in [5, 5.41) is 3.19. The van der Waals surface area contributed by atoms with E-state index in [1.54, 1.807) is 6.92 Å². The molecule has 1 N–H and O–H groups in total. The van der Waals surface area contributed by atoms with Crippen LogP contribution >= 0.6 is 0 Å². The van der Waals surface area contributed by atoms with E-state index in [-0.39, 0.29) is 11.4 Å². The second-order valence-corrected chi connectivity index (χ2v) is 6.82. The summed E-state index contributed by atoms with van der Waals surface area (Å²) in [5.74, 6) is 1.12. The lowest BCUT2D eigenvalue weighted by molar-refractivity contribution is -0.134. The van der Waals surface area contributed by atoms with Crippen molar-refractivity contribution < 1.29 is 14.3 Å². The van der Waals surface area contributed by atoms with Gasteiger partial charge in [0.25, 0.3) is 0 Å². The maximum atomic E-state index is 11.3. The number of hydrogen-bond donors (Lipinski definition) is 1. The molecule has 5 heteroatoms. The van der Waals surface area contributed by atoms with Gasteiger partial charge in [-0.2, -0.15) is 0 Å². The number of piperidine rings is 1. The molecular formula is C17H32N2O3. The Hall–Kier alpha value is -0.490. The maximum Gasteiger partial charge on any atom is 0.132 e. The molecular weight excluding hydrogens is 280 g/mol. The summed E-state index contributed by atoms with van der Waals surface area (Å²) in [6, 6.07) is 0. The molecule has 2 heterocycles. The number of rotatable bonds is 10. The van der Waals surface area contributed by atoms with Crippen LogP contribution < -0.4 is 5.32 Å². The van der Waals surface area contributed by atoms with E-state index in [0.29, 0.717) is 19.6 Å². The van der Waals surface area contributed by atoms with Crippen LogP contribution in [0.1, 0.15) is 39.5 Å². The monoisotopic (exact) mass is 312 g/mol. The largest absolute Gasteiger partial charge is 0.378 e. The molecule has 0 aromatic carbocycles. The molecule has 2 saturated heterocycles. The van der Waals surface area contributed by atoms with Crippen molar-refractivity contribution in [1.82, 2.24) is 10.2 Å². The minimum atomic E-state index is -0.267. The van der Waals surface area contributed by atoms with Crippen LogP contribution in [0.5, 0.6) is 0 Å². The van der Waals surface area contributed by atoms with E-state index in [1.807, 2.05) is 0 Å². The molecule has 0 bridgehead atoms. The molecule has 2 fully saturated rings. The second kappa shape index (κ2) is 8.96. The van der Waals surface area contributed by atoms with Crippen molar-refractivity contribution in [2.45, 2.75) is 45.1 Å². The zero-order chi connectivity index (χ0) is 15.8. The molecule has 0 spiro atoms. The van der Waals surface area contributed by atoms with E-state index in [2.05, 4.69) is 17.1 Å². The second-order valence-electron chi connectivity index (χ2n) is 6.82. The van der Waals surface area contributed by atoms with Crippen molar-refractivity contribution in [2.75, 3.05) is 52.5 Å². The zero-order valence-corrected chi connectivity index (χ0v) is 14.2. The average molecular weight is 312 g/mol. The van der Waals surface area contributed by atoms with Gasteiger partial charge in [0.15, 0.2) is 0 Å². The number of likely N-dealkylation sites (tertiary alicyclic amines) is 1. The minimum Gasteiger partial charge on any atom is -0.378 e. The number of ether oxygens (including phenoxy) is 2. The van der Waals surface area contributed by atoms with Crippen molar-refractivity contribution >= 4 is 5.78 Å². The predicted molar refractivity (Wildman–Crippen MR) is 87.1 cm³/mol. The van der Waals surface area contributed by atoms with Crippen LogP contribution in [0, 0.1) is 5.92 Å². The maximum absolute atomic E-state index is 11.3. The fourth-order valence-electron chi connectivity index (χ4n) is 3.37. The fourth-order valence-corrected chi connectivity index (χ4v) is 3.37. The van der Waals surface area contributed by atoms with Crippen LogP contribution in [0.2, 0.25) is 0 Å². The predicted octanol–water partition coefficient (Wildman–Crippen LogP) is 1.46. The molecule has 0 atom stereocenters. The first-order valence-corrected chi connectivity index (χ1v) is 8.78. The van der Waals surface area contributed by atoms with E-state index in [1.165, 1.54) is 32.4 Å². The van der Waals surface area contributed by atoms with E-state index in [9.17, 15) is 4.79 Å². The Balaban J connectivity index is 1.48. The molecule has 0 saturated carbocycles. The van der Waals surface area contributed by atoms with Gasteiger partial charge in [0, 0.05) is 26.1 Å². The highest BCUT2D eigenvalue weighted by Crippen LogP contribution is 2.21. The Morgan fingerprint density at radius 2 is 1.95 bits per heavy atom. The molecule has 22 heavy (non-hydrogen) atoms. The van der Waals surface area contributed by atoms with Gasteiger partial charge in [-0.3, -0.25) is 4.79 Å². The fraction of sp³-hybridized carbons (Fsp3) is 0.941. The third-order valence-corrected chi connectivity index (χ3v) is 4.94. The first kappa shape index (κ1) is 17.9. The summed E-state index contributed by atoms with van der Waals surface area (Å²) in [6.45, 7) is 10.9. The first-order valence-electron chi connectivity index (χ1n) is 8.78. The minimum absolute atomic E-state index is 0.193. The highest BCUT2D eigenvalue weighted by molar-refractivity contribution is 5.76. The van der Waals surface area contributed by atoms with E-state index in [4.69, 9.17) is 9.47 Å². The van der Waals surface area contributed by atoms with Crippen molar-refractivity contribution in [3.05, 3.63) is 0 Å². The van der Waals surface area contributed by atoms with Gasteiger partial charge >= 0.3 is 0 Å². The van der Waals surface area contributed by atoms with Crippen LogP contribution in [0.15, 0.2) is 0 Å². The summed E-state index contributed by atoms with van der Waals surface area (Å²) in [5.41, 5.74) is -0.267. The molecule has 128 valence electrons. The van der Waals surface area contributed by atoms with Gasteiger partial charge in [-0.15, -0.1) is 0 Å². The highest BCUT2D eigenvalue weighted by atomic mass is 16.5. The Labute approximate surface area is 134 Å². The van der Waals surface area contributed by atoms with Crippen molar-refractivity contribution in [1.29, 1.82) is 0 Å². The Morgan fingerprint density at radius 3 is 2.50 bits per heavy atom. The molecule has 0 aliphatic carbocycles. The van der Waals surface area contributed by atoms with Gasteiger partial charge in [0.05, 0.1) is 25.4 Å². The topological polar surface area (TPSA) is 50.8 Å². The lowest BCUT2D eigenvalue weighted by Crippen LogP contribution is -2.62. The zero-order valence-electron chi connectivity index (χ0n) is 14.2. The molecule has 2 aliphatic rings. The van der Waals surface area contributed by atoms with Crippen molar-refractivity contribution in [3.8, 4) is 0 Å². The Bertz CT molecular complexity index is 337. The quantitative estimate of drug-likeness (QED) is 0.619. The number of ketones is 1. The summed E-state index contributed by atoms with van der Waals surface area (Å²) in [6.07, 6.45) is 4.49. The summed E-state index contributed by atoms with van der Waals surface area (Å²) in [4.78, 5) is 13.8. The van der Waals surface area contributed by atoms with Crippen molar-refractivity contribution in [3.63, 3.8) is 0 Å². The lowest BCUT2D eigenvalue weighted by atomic mass is 9.91. The number of carbonyl (C=O) groups excluding carboxylic acids is 1. The van der Waals surface area contributed by atoms with Gasteiger partial charge in [0.1, 0.15) is 5.78 Å². The molecule has 0 radical (unpaired) electrons. The van der Waals surface area contributed by atoms with Crippen LogP contribution in [-0.4, -0.2) is 68.8 Å². The standard InChI is InChI=1S/C17H32N2O3/c1-3-16-4-6-19(7-5-16)8-9-21-10-11-22-17(12-15(2)20)13-18-14-17/h16,18H,3-14H2,1-2H3. The van der Waals surface area contributed by atoms with Crippen LogP contribution in [0.25, 0.3) is 0 Å². The van der Waals surface area contributed by atoms with Crippen LogP contribution in [0.3, 0.4) is 0 Å². The summed E-state index contributed by atoms with van der Waals surface area (Å²) < 4.78 is 11.6. The van der Waals surface area contributed by atoms with Crippen LogP contribution in [0.4, 0.5) is 0 Å². The summed E-state index contributed by atoms with van der Waals surface area (Å²) in [7, 11) is 0. The molecule has 0 unspecified atom stereocenters.